The van der Waals surface area contributed by atoms with Crippen LogP contribution in [0.15, 0.2) is 70.7 Å². The van der Waals surface area contributed by atoms with Gasteiger partial charge in [0.2, 0.25) is 0 Å². The second-order valence-corrected chi connectivity index (χ2v) is 12.4. The highest BCUT2D eigenvalue weighted by Gasteiger charge is 2.30. The van der Waals surface area contributed by atoms with Crippen molar-refractivity contribution in [2.24, 2.45) is 7.05 Å². The van der Waals surface area contributed by atoms with Gasteiger partial charge in [0.1, 0.15) is 0 Å². The van der Waals surface area contributed by atoms with Crippen LogP contribution in [0.4, 0.5) is 0 Å². The van der Waals surface area contributed by atoms with Crippen molar-refractivity contribution in [3.05, 3.63) is 72.1 Å². The molecule has 0 aliphatic rings. The summed E-state index contributed by atoms with van der Waals surface area (Å²) in [4.78, 5) is 4.80. The maximum absolute atomic E-state index is 14.1. The van der Waals surface area contributed by atoms with E-state index in [1.807, 2.05) is 13.8 Å². The fraction of sp³-hybridized carbons (Fsp3) is 0.200. The number of pyridine rings is 1. The Balaban J connectivity index is 1.99. The molecule has 3 heterocycles. The standard InChI is InChI=1S/C25H24N4O4S2/c1-5-21-22-24-18(15-27-28(24)3)14-26-25(22)29(35(32,33)19-11-9-16(2)10-12-19)23(21)17-7-6-8-20(13-17)34(4,30)31/h6-15H,5H2,1-4H3. The van der Waals surface area contributed by atoms with Crippen molar-refractivity contribution in [1.82, 2.24) is 18.7 Å². The summed E-state index contributed by atoms with van der Waals surface area (Å²) in [5, 5.41) is 5.82. The van der Waals surface area contributed by atoms with Gasteiger partial charge in [-0.3, -0.25) is 4.68 Å². The van der Waals surface area contributed by atoms with E-state index in [1.165, 1.54) is 16.1 Å². The first-order valence-electron chi connectivity index (χ1n) is 11.0. The molecule has 10 heteroatoms. The van der Waals surface area contributed by atoms with Gasteiger partial charge in [0.05, 0.1) is 27.2 Å². The number of aromatic nitrogens is 4. The van der Waals surface area contributed by atoms with Crippen molar-refractivity contribution in [2.45, 2.75) is 30.1 Å². The lowest BCUT2D eigenvalue weighted by Gasteiger charge is -2.14. The monoisotopic (exact) mass is 508 g/mol. The van der Waals surface area contributed by atoms with Crippen LogP contribution in [-0.2, 0) is 33.3 Å². The van der Waals surface area contributed by atoms with Gasteiger partial charge in [-0.05, 0) is 43.2 Å². The van der Waals surface area contributed by atoms with E-state index < -0.39 is 19.9 Å². The summed E-state index contributed by atoms with van der Waals surface area (Å²) < 4.78 is 55.8. The maximum Gasteiger partial charge on any atom is 0.269 e. The molecule has 35 heavy (non-hydrogen) atoms. The van der Waals surface area contributed by atoms with Gasteiger partial charge >= 0.3 is 0 Å². The zero-order valence-corrected chi connectivity index (χ0v) is 21.4. The zero-order chi connectivity index (χ0) is 25.1. The molecule has 0 amide bonds. The molecule has 0 radical (unpaired) electrons. The molecule has 0 N–H and O–H groups in total. The van der Waals surface area contributed by atoms with Gasteiger partial charge < -0.3 is 0 Å². The van der Waals surface area contributed by atoms with Crippen molar-refractivity contribution >= 4 is 41.8 Å². The number of benzene rings is 2. The number of aryl methyl sites for hydroxylation is 3. The summed E-state index contributed by atoms with van der Waals surface area (Å²) in [5.41, 5.74) is 3.61. The fourth-order valence-electron chi connectivity index (χ4n) is 4.49. The average Bonchev–Trinajstić information content (AvgIpc) is 3.36. The Labute approximate surface area is 203 Å². The lowest BCUT2D eigenvalue weighted by Crippen LogP contribution is -2.15. The van der Waals surface area contributed by atoms with E-state index in [9.17, 15) is 16.8 Å². The molecule has 0 fully saturated rings. The number of sulfone groups is 1. The molecular weight excluding hydrogens is 484 g/mol. The van der Waals surface area contributed by atoms with E-state index in [0.29, 0.717) is 23.1 Å². The van der Waals surface area contributed by atoms with Gasteiger partial charge in [0.25, 0.3) is 10.0 Å². The summed E-state index contributed by atoms with van der Waals surface area (Å²) >= 11 is 0. The molecule has 0 unspecified atom stereocenters. The topological polar surface area (TPSA) is 104 Å². The first kappa shape index (κ1) is 23.3. The molecule has 8 nitrogen and oxygen atoms in total. The van der Waals surface area contributed by atoms with Crippen LogP contribution in [0.1, 0.15) is 18.1 Å². The summed E-state index contributed by atoms with van der Waals surface area (Å²) in [7, 11) is -5.79. The highest BCUT2D eigenvalue weighted by atomic mass is 32.2. The smallest absolute Gasteiger partial charge is 0.267 e. The molecule has 3 aromatic heterocycles. The number of fused-ring (bicyclic) bond motifs is 3. The Bertz CT molecular complexity index is 1830. The third-order valence-corrected chi connectivity index (χ3v) is 9.00. The molecule has 0 saturated heterocycles. The minimum Gasteiger partial charge on any atom is -0.267 e. The predicted octanol–water partition coefficient (Wildman–Crippen LogP) is 4.10. The summed E-state index contributed by atoms with van der Waals surface area (Å²) in [5.74, 6) is 0. The quantitative estimate of drug-likeness (QED) is 0.354. The summed E-state index contributed by atoms with van der Waals surface area (Å²) in [6.07, 6.45) is 4.93. The van der Waals surface area contributed by atoms with Crippen molar-refractivity contribution in [1.29, 1.82) is 0 Å². The van der Waals surface area contributed by atoms with Gasteiger partial charge in [-0.15, -0.1) is 0 Å². The maximum atomic E-state index is 14.1. The van der Waals surface area contributed by atoms with Gasteiger partial charge in [-0.1, -0.05) is 36.8 Å². The minimum absolute atomic E-state index is 0.111. The number of nitrogens with zero attached hydrogens (tertiary/aromatic N) is 4. The van der Waals surface area contributed by atoms with Crippen molar-refractivity contribution in [3.63, 3.8) is 0 Å². The Morgan fingerprint density at radius 2 is 1.66 bits per heavy atom. The van der Waals surface area contributed by atoms with Crippen LogP contribution in [0.5, 0.6) is 0 Å². The second-order valence-electron chi connectivity index (χ2n) is 8.59. The van der Waals surface area contributed by atoms with E-state index in [1.54, 1.807) is 60.5 Å². The fourth-order valence-corrected chi connectivity index (χ4v) is 6.67. The van der Waals surface area contributed by atoms with Gasteiger partial charge in [0, 0.05) is 35.8 Å². The second kappa shape index (κ2) is 8.03. The third-order valence-electron chi connectivity index (χ3n) is 6.18. The largest absolute Gasteiger partial charge is 0.269 e. The van der Waals surface area contributed by atoms with Crippen molar-refractivity contribution in [3.8, 4) is 11.3 Å². The van der Waals surface area contributed by atoms with Gasteiger partial charge in [-0.2, -0.15) is 5.10 Å². The van der Waals surface area contributed by atoms with Crippen molar-refractivity contribution < 1.29 is 16.8 Å². The minimum atomic E-state index is -4.09. The predicted molar refractivity (Wildman–Crippen MR) is 136 cm³/mol. The van der Waals surface area contributed by atoms with Crippen LogP contribution in [0.3, 0.4) is 0 Å². The molecule has 0 atom stereocenters. The van der Waals surface area contributed by atoms with Crippen LogP contribution in [0, 0.1) is 6.92 Å². The SMILES string of the molecule is CCc1c(-c2cccc(S(C)(=O)=O)c2)n(S(=O)(=O)c2ccc(C)cc2)c2ncc3cnn(C)c3c12. The summed E-state index contributed by atoms with van der Waals surface area (Å²) in [6.45, 7) is 3.83. The number of hydrogen-bond acceptors (Lipinski definition) is 6. The molecule has 0 spiro atoms. The number of hydrogen-bond donors (Lipinski definition) is 0. The van der Waals surface area contributed by atoms with Gasteiger partial charge in [0.15, 0.2) is 15.5 Å². The molecule has 0 saturated carbocycles. The Morgan fingerprint density at radius 1 is 0.943 bits per heavy atom. The first-order chi connectivity index (χ1) is 16.5. The zero-order valence-electron chi connectivity index (χ0n) is 19.7. The lowest BCUT2D eigenvalue weighted by atomic mass is 10.0. The molecule has 0 aliphatic heterocycles. The van der Waals surface area contributed by atoms with Crippen LogP contribution in [0.25, 0.3) is 33.2 Å². The van der Waals surface area contributed by atoms with Crippen LogP contribution in [-0.4, -0.2) is 41.8 Å². The van der Waals surface area contributed by atoms with E-state index in [2.05, 4.69) is 10.1 Å². The van der Waals surface area contributed by atoms with E-state index >= 15 is 0 Å². The van der Waals surface area contributed by atoms with E-state index in [0.717, 1.165) is 28.3 Å². The van der Waals surface area contributed by atoms with E-state index in [-0.39, 0.29) is 15.4 Å². The Kier molecular flexibility index (Phi) is 5.33. The van der Waals surface area contributed by atoms with Crippen LogP contribution >= 0.6 is 0 Å². The third kappa shape index (κ3) is 3.64. The Hall–Kier alpha value is -3.50. The van der Waals surface area contributed by atoms with Crippen molar-refractivity contribution in [2.75, 3.05) is 6.26 Å². The van der Waals surface area contributed by atoms with Gasteiger partial charge in [-0.25, -0.2) is 25.8 Å². The molecular formula is C25H24N4O4S2. The molecule has 5 aromatic rings. The summed E-state index contributed by atoms with van der Waals surface area (Å²) in [6, 6.07) is 13.0. The van der Waals surface area contributed by atoms with Crippen LogP contribution < -0.4 is 0 Å². The lowest BCUT2D eigenvalue weighted by molar-refractivity contribution is 0.589. The first-order valence-corrected chi connectivity index (χ1v) is 14.3. The van der Waals surface area contributed by atoms with E-state index in [4.69, 9.17) is 0 Å². The average molecular weight is 509 g/mol. The highest BCUT2D eigenvalue weighted by molar-refractivity contribution is 7.90. The molecule has 0 bridgehead atoms. The molecule has 0 aliphatic carbocycles. The molecule has 180 valence electrons. The molecule has 5 rings (SSSR count). The normalized spacial score (nSPS) is 12.6. The highest BCUT2D eigenvalue weighted by Crippen LogP contribution is 2.40. The van der Waals surface area contributed by atoms with Crippen LogP contribution in [0.2, 0.25) is 0 Å². The number of rotatable bonds is 5. The molecule has 2 aromatic carbocycles. The Morgan fingerprint density at radius 3 is 2.31 bits per heavy atom.